The maximum atomic E-state index is 14.5. The molecule has 0 saturated carbocycles. The summed E-state index contributed by atoms with van der Waals surface area (Å²) in [4.78, 5) is 60.9. The average Bonchev–Trinajstić information content (AvgIpc) is 0.847. The van der Waals surface area contributed by atoms with E-state index in [-0.39, 0.29) is 47.3 Å². The third kappa shape index (κ3) is 8.19. The van der Waals surface area contributed by atoms with Crippen molar-refractivity contribution in [3.8, 4) is 11.1 Å². The molecule has 0 unspecified atom stereocenters. The largest absolute Gasteiger partial charge is 0.398 e. The summed E-state index contributed by atoms with van der Waals surface area (Å²) in [7, 11) is 0. The highest BCUT2D eigenvalue weighted by Crippen LogP contribution is 2.52. The van der Waals surface area contributed by atoms with E-state index in [9.17, 15) is 19.2 Å². The number of hydrogen-bond acceptors (Lipinski definition) is 5. The van der Waals surface area contributed by atoms with Gasteiger partial charge in [-0.15, -0.1) is 0 Å². The smallest absolute Gasteiger partial charge is 0.266 e. The summed E-state index contributed by atoms with van der Waals surface area (Å²) in [5.41, 5.74) is 22.0. The number of nitrogens with two attached hydrogens (primary N) is 1. The van der Waals surface area contributed by atoms with E-state index in [1.165, 1.54) is 48.2 Å². The molecular formula is C82H63Cl2N3O4. The topological polar surface area (TPSA) is 101 Å². The van der Waals surface area contributed by atoms with Gasteiger partial charge in [0.2, 0.25) is 0 Å². The number of rotatable bonds is 8. The Labute approximate surface area is 537 Å². The van der Waals surface area contributed by atoms with Gasteiger partial charge in [0.05, 0.1) is 11.4 Å². The monoisotopic (exact) mass is 1220 g/mol. The molecule has 0 aromatic heterocycles. The van der Waals surface area contributed by atoms with Gasteiger partial charge in [0.15, 0.2) is 0 Å². The quantitative estimate of drug-likeness (QED) is 0.0707. The molecule has 4 amide bonds. The van der Waals surface area contributed by atoms with Gasteiger partial charge in [-0.3, -0.25) is 19.2 Å². The summed E-state index contributed by atoms with van der Waals surface area (Å²) in [5, 5.41) is 18.4. The van der Waals surface area contributed by atoms with Crippen LogP contribution in [0.2, 0.25) is 10.0 Å². The number of imide groups is 2. The second-order valence-corrected chi connectivity index (χ2v) is 27.3. The summed E-state index contributed by atoms with van der Waals surface area (Å²) in [5.74, 6) is -0.455. The molecular weight excluding hydrogens is 1160 g/mol. The van der Waals surface area contributed by atoms with Crippen molar-refractivity contribution in [3.05, 3.63) is 253 Å². The van der Waals surface area contributed by atoms with Crippen molar-refractivity contribution in [1.29, 1.82) is 0 Å². The molecule has 0 saturated heterocycles. The van der Waals surface area contributed by atoms with E-state index < -0.39 is 0 Å². The molecule has 7 nitrogen and oxygen atoms in total. The molecule has 1 aliphatic carbocycles. The Balaban J connectivity index is 0.000000145. The highest BCUT2D eigenvalue weighted by Gasteiger charge is 2.40. The van der Waals surface area contributed by atoms with Gasteiger partial charge in [0, 0.05) is 55.2 Å². The van der Waals surface area contributed by atoms with Crippen LogP contribution in [0.5, 0.6) is 0 Å². The van der Waals surface area contributed by atoms with Crippen molar-refractivity contribution in [2.24, 2.45) is 0 Å². The molecule has 0 atom stereocenters. The SMILES string of the molecule is CC(C)c1cccc(C(C)C)c1N1C(=O)c2ccc3c4ccc5c6c(ccc(c7ccc(c2c37)C1=O)c64)-c1ccc(Cl)cc1C5.CC(C)c1cccc(C(C)C)c1N1C(=O)c2ccc3c4cccc5c(Cc6cc(Cl)ccc6N)ccc(c6ccc(c2c36)C1=O)c54. The molecule has 3 aliphatic rings. The lowest BCUT2D eigenvalue weighted by atomic mass is 9.79. The first-order valence-electron chi connectivity index (χ1n) is 31.6. The predicted octanol–water partition coefficient (Wildman–Crippen LogP) is 21.6. The first kappa shape index (κ1) is 56.6. The van der Waals surface area contributed by atoms with Crippen LogP contribution >= 0.6 is 23.2 Å². The Hall–Kier alpha value is -9.66. The Morgan fingerprint density at radius 3 is 1.18 bits per heavy atom. The number of amides is 4. The number of para-hydroxylation sites is 2. The first-order valence-corrected chi connectivity index (χ1v) is 32.4. The zero-order chi connectivity index (χ0) is 62.9. The van der Waals surface area contributed by atoms with Crippen LogP contribution in [-0.2, 0) is 12.8 Å². The van der Waals surface area contributed by atoms with Crippen molar-refractivity contribution in [2.45, 2.75) is 91.9 Å². The van der Waals surface area contributed by atoms with Crippen LogP contribution in [0.4, 0.5) is 17.1 Å². The van der Waals surface area contributed by atoms with Gasteiger partial charge in [-0.05, 0) is 216 Å². The molecule has 17 rings (SSSR count). The lowest BCUT2D eigenvalue weighted by Crippen LogP contribution is -2.41. The number of fused-ring (bicyclic) bond motifs is 6. The molecule has 91 heavy (non-hydrogen) atoms. The van der Waals surface area contributed by atoms with Crippen LogP contribution < -0.4 is 15.5 Å². The van der Waals surface area contributed by atoms with Crippen LogP contribution in [0.15, 0.2) is 176 Å². The van der Waals surface area contributed by atoms with E-state index in [4.69, 9.17) is 28.9 Å². The standard InChI is InChI=1S/C41H33ClN2O2.C41H30ClNO2/c1-21(2)26-7-5-8-27(22(3)4)39(26)44-40(45)33-16-14-31-29-10-6-9-28-23(19-24-20-25(42)12-18-35(24)43)11-13-30(36(28)29)32-15-17-34(41(44)46)38(33)37(31)32;1-20(2)25-6-5-7-26(21(3)4)39(25)43-40(44)33-16-14-31-29-10-8-22-18-23-19-24(42)9-11-27(23)28-12-13-30(36(29)35(22)28)32-15-17-34(41(43)45)38(33)37(31)32/h5-18,20-22H,19,43H2,1-4H3;5-17,19-21H,18H2,1-4H3. The van der Waals surface area contributed by atoms with E-state index >= 15 is 0 Å². The second kappa shape index (κ2) is 20.7. The molecule has 444 valence electrons. The van der Waals surface area contributed by atoms with E-state index in [1.807, 2.05) is 84.9 Å². The normalized spacial score (nSPS) is 13.9. The second-order valence-electron chi connectivity index (χ2n) is 26.4. The van der Waals surface area contributed by atoms with E-state index in [2.05, 4.69) is 146 Å². The Morgan fingerprint density at radius 1 is 0.341 bits per heavy atom. The Kier molecular flexibility index (Phi) is 12.9. The van der Waals surface area contributed by atoms with Crippen LogP contribution in [0.3, 0.4) is 0 Å². The number of anilines is 3. The number of carbonyl (C=O) groups is 4. The van der Waals surface area contributed by atoms with Gasteiger partial charge in [-0.1, -0.05) is 200 Å². The average molecular weight is 1230 g/mol. The molecule has 0 fully saturated rings. The fourth-order valence-corrected chi connectivity index (χ4v) is 16.2. The highest BCUT2D eigenvalue weighted by atomic mass is 35.5. The molecule has 14 aromatic rings. The van der Waals surface area contributed by atoms with Crippen molar-refractivity contribution in [2.75, 3.05) is 15.5 Å². The number of benzene rings is 14. The van der Waals surface area contributed by atoms with Crippen molar-refractivity contribution in [3.63, 3.8) is 0 Å². The zero-order valence-electron chi connectivity index (χ0n) is 51.8. The first-order chi connectivity index (χ1) is 43.9. The van der Waals surface area contributed by atoms with Crippen LogP contribution in [0.25, 0.3) is 97.3 Å². The van der Waals surface area contributed by atoms with Crippen LogP contribution in [0.1, 0.15) is 165 Å². The Morgan fingerprint density at radius 2 is 0.703 bits per heavy atom. The van der Waals surface area contributed by atoms with Crippen LogP contribution in [0, 0.1) is 0 Å². The molecule has 2 N–H and O–H groups in total. The lowest BCUT2D eigenvalue weighted by molar-refractivity contribution is 0.0877. The predicted molar refractivity (Wildman–Crippen MR) is 379 cm³/mol. The zero-order valence-corrected chi connectivity index (χ0v) is 53.3. The van der Waals surface area contributed by atoms with E-state index in [0.717, 1.165) is 132 Å². The molecule has 14 aromatic carbocycles. The fourth-order valence-electron chi connectivity index (χ4n) is 15.8. The van der Waals surface area contributed by atoms with Gasteiger partial charge < -0.3 is 5.73 Å². The summed E-state index contributed by atoms with van der Waals surface area (Å²) in [6, 6.07) is 59.7. The minimum absolute atomic E-state index is 0.142. The minimum Gasteiger partial charge on any atom is -0.398 e. The molecule has 2 heterocycles. The Bertz CT molecular complexity index is 5390. The van der Waals surface area contributed by atoms with Gasteiger partial charge in [-0.25, -0.2) is 9.80 Å². The lowest BCUT2D eigenvalue weighted by Gasteiger charge is -2.33. The van der Waals surface area contributed by atoms with Gasteiger partial charge in [0.25, 0.3) is 23.6 Å². The van der Waals surface area contributed by atoms with Crippen molar-refractivity contribution in [1.82, 2.24) is 0 Å². The van der Waals surface area contributed by atoms with Gasteiger partial charge >= 0.3 is 0 Å². The van der Waals surface area contributed by atoms with Gasteiger partial charge in [0.1, 0.15) is 0 Å². The summed E-state index contributed by atoms with van der Waals surface area (Å²) in [6.45, 7) is 16.9. The number of carbonyl (C=O) groups excluding carboxylic acids is 4. The number of nitrogen functional groups attached to an aromatic ring is 1. The summed E-state index contributed by atoms with van der Waals surface area (Å²) < 4.78 is 0. The molecule has 2 aliphatic heterocycles. The molecule has 0 bridgehead atoms. The van der Waals surface area contributed by atoms with E-state index in [1.54, 1.807) is 0 Å². The maximum absolute atomic E-state index is 14.5. The van der Waals surface area contributed by atoms with Crippen LogP contribution in [-0.4, -0.2) is 23.6 Å². The third-order valence-electron chi connectivity index (χ3n) is 20.0. The maximum Gasteiger partial charge on any atom is 0.266 e. The van der Waals surface area contributed by atoms with E-state index in [0.29, 0.717) is 33.7 Å². The summed E-state index contributed by atoms with van der Waals surface area (Å²) in [6.07, 6.45) is 1.49. The van der Waals surface area contributed by atoms with Crippen molar-refractivity contribution < 1.29 is 19.2 Å². The summed E-state index contributed by atoms with van der Waals surface area (Å²) >= 11 is 12.7. The molecule has 0 radical (unpaired) electrons. The number of halogens is 2. The fraction of sp³-hybridized carbons (Fsp3) is 0.171. The number of hydrogen-bond donors (Lipinski definition) is 1. The minimum atomic E-state index is -0.269. The van der Waals surface area contributed by atoms with Gasteiger partial charge in [-0.2, -0.15) is 0 Å². The molecule has 9 heteroatoms. The van der Waals surface area contributed by atoms with Crippen molar-refractivity contribution >= 4 is 150 Å². The molecule has 0 spiro atoms. The third-order valence-corrected chi connectivity index (χ3v) is 20.4. The highest BCUT2D eigenvalue weighted by molar-refractivity contribution is 6.45. The number of nitrogens with zero attached hydrogens (tertiary/aromatic N) is 2.